The normalized spacial score (nSPS) is 12.5. The molecule has 0 aliphatic carbocycles. The third-order valence-corrected chi connectivity index (χ3v) is 2.88. The van der Waals surface area contributed by atoms with Gasteiger partial charge in [-0.15, -0.1) is 15.3 Å². The van der Waals surface area contributed by atoms with Crippen LogP contribution < -0.4 is 0 Å². The van der Waals surface area contributed by atoms with Gasteiger partial charge in [0.1, 0.15) is 11.9 Å². The second-order valence-electron chi connectivity index (χ2n) is 4.15. The maximum atomic E-state index is 4.05. The summed E-state index contributed by atoms with van der Waals surface area (Å²) in [6.45, 7) is 1.85. The Kier molecular flexibility index (Phi) is 2.97. The molecule has 1 atom stereocenters. The molecule has 0 bridgehead atoms. The highest BCUT2D eigenvalue weighted by molar-refractivity contribution is 5.17. The van der Waals surface area contributed by atoms with E-state index in [1.165, 1.54) is 0 Å². The van der Waals surface area contributed by atoms with Gasteiger partial charge in [-0.3, -0.25) is 0 Å². The molecular weight excluding hydrogens is 244 g/mol. The molecule has 8 nitrogen and oxygen atoms in total. The van der Waals surface area contributed by atoms with Crippen molar-refractivity contribution < 1.29 is 0 Å². The van der Waals surface area contributed by atoms with Gasteiger partial charge < -0.3 is 0 Å². The number of hydrogen-bond donors (Lipinski definition) is 1. The number of aryl methyl sites for hydroxylation is 1. The van der Waals surface area contributed by atoms with Crippen LogP contribution in [0.5, 0.6) is 0 Å². The molecule has 0 fully saturated rings. The SMILES string of the molecule is Cc1nnnn1C(Cc1ccccc1)c1nn[nH]n1. The van der Waals surface area contributed by atoms with Crippen molar-refractivity contribution in [2.24, 2.45) is 0 Å². The summed E-state index contributed by atoms with van der Waals surface area (Å²) in [5, 5.41) is 25.7. The van der Waals surface area contributed by atoms with Crippen LogP contribution in [0.4, 0.5) is 0 Å². The van der Waals surface area contributed by atoms with Crippen molar-refractivity contribution in [3.05, 3.63) is 47.5 Å². The summed E-state index contributed by atoms with van der Waals surface area (Å²) in [5.74, 6) is 1.28. The zero-order chi connectivity index (χ0) is 13.1. The highest BCUT2D eigenvalue weighted by Crippen LogP contribution is 2.19. The van der Waals surface area contributed by atoms with Crippen LogP contribution in [-0.4, -0.2) is 40.8 Å². The van der Waals surface area contributed by atoms with Gasteiger partial charge in [0, 0.05) is 6.42 Å². The number of hydrogen-bond acceptors (Lipinski definition) is 6. The first kappa shape index (κ1) is 11.5. The van der Waals surface area contributed by atoms with Gasteiger partial charge in [0.05, 0.1) is 0 Å². The molecule has 0 saturated carbocycles. The summed E-state index contributed by atoms with van der Waals surface area (Å²) < 4.78 is 1.71. The lowest BCUT2D eigenvalue weighted by atomic mass is 10.1. The van der Waals surface area contributed by atoms with Gasteiger partial charge in [0.15, 0.2) is 5.82 Å². The molecule has 0 aliphatic rings. The molecule has 96 valence electrons. The number of nitrogens with one attached hydrogen (secondary N) is 1. The average Bonchev–Trinajstić information content (AvgIpc) is 3.09. The van der Waals surface area contributed by atoms with E-state index in [1.54, 1.807) is 4.68 Å². The van der Waals surface area contributed by atoms with Gasteiger partial charge in [-0.2, -0.15) is 5.21 Å². The van der Waals surface area contributed by atoms with E-state index in [0.29, 0.717) is 18.1 Å². The predicted molar refractivity (Wildman–Crippen MR) is 65.0 cm³/mol. The van der Waals surface area contributed by atoms with Crippen molar-refractivity contribution >= 4 is 0 Å². The van der Waals surface area contributed by atoms with Gasteiger partial charge in [0.2, 0.25) is 0 Å². The second kappa shape index (κ2) is 4.92. The lowest BCUT2D eigenvalue weighted by molar-refractivity contribution is 0.471. The van der Waals surface area contributed by atoms with Crippen LogP contribution in [0.1, 0.15) is 23.3 Å². The lowest BCUT2D eigenvalue weighted by Crippen LogP contribution is -2.18. The fraction of sp³-hybridized carbons (Fsp3) is 0.273. The van der Waals surface area contributed by atoms with Crippen molar-refractivity contribution in [1.29, 1.82) is 0 Å². The van der Waals surface area contributed by atoms with Crippen molar-refractivity contribution in [2.75, 3.05) is 0 Å². The first-order valence-corrected chi connectivity index (χ1v) is 5.86. The maximum Gasteiger partial charge on any atom is 0.199 e. The summed E-state index contributed by atoms with van der Waals surface area (Å²) in [7, 11) is 0. The Hall–Kier alpha value is -2.64. The quantitative estimate of drug-likeness (QED) is 0.722. The third-order valence-electron chi connectivity index (χ3n) is 2.88. The van der Waals surface area contributed by atoms with E-state index in [9.17, 15) is 0 Å². The molecule has 3 aromatic rings. The van der Waals surface area contributed by atoms with E-state index < -0.39 is 0 Å². The molecule has 19 heavy (non-hydrogen) atoms. The molecule has 1 unspecified atom stereocenters. The van der Waals surface area contributed by atoms with Crippen LogP contribution in [0, 0.1) is 6.92 Å². The van der Waals surface area contributed by atoms with E-state index in [1.807, 2.05) is 37.3 Å². The zero-order valence-corrected chi connectivity index (χ0v) is 10.3. The largest absolute Gasteiger partial charge is 0.219 e. The predicted octanol–water partition coefficient (Wildman–Crippen LogP) is 0.327. The molecule has 2 heterocycles. The monoisotopic (exact) mass is 256 g/mol. The maximum absolute atomic E-state index is 4.05. The average molecular weight is 256 g/mol. The first-order chi connectivity index (χ1) is 9.34. The smallest absolute Gasteiger partial charge is 0.199 e. The number of aromatic amines is 1. The zero-order valence-electron chi connectivity index (χ0n) is 10.3. The standard InChI is InChI=1S/C11H12N8/c1-8-12-17-18-19(8)10(11-13-15-16-14-11)7-9-5-3-2-4-6-9/h2-6,10H,7H2,1H3,(H,13,14,15,16). The molecular formula is C11H12N8. The van der Waals surface area contributed by atoms with Crippen LogP contribution in [0.2, 0.25) is 0 Å². The number of aromatic nitrogens is 8. The van der Waals surface area contributed by atoms with Crippen LogP contribution in [0.15, 0.2) is 30.3 Å². The molecule has 0 saturated heterocycles. The second-order valence-corrected chi connectivity index (χ2v) is 4.15. The van der Waals surface area contributed by atoms with E-state index in [0.717, 1.165) is 5.56 Å². The van der Waals surface area contributed by atoms with Crippen LogP contribution in [0.25, 0.3) is 0 Å². The van der Waals surface area contributed by atoms with Crippen molar-refractivity contribution in [2.45, 2.75) is 19.4 Å². The number of H-pyrrole nitrogens is 1. The van der Waals surface area contributed by atoms with Crippen LogP contribution in [-0.2, 0) is 6.42 Å². The van der Waals surface area contributed by atoms with Gasteiger partial charge >= 0.3 is 0 Å². The fourth-order valence-corrected chi connectivity index (χ4v) is 1.96. The molecule has 0 radical (unpaired) electrons. The minimum absolute atomic E-state index is 0.170. The Morgan fingerprint density at radius 3 is 2.68 bits per heavy atom. The van der Waals surface area contributed by atoms with Gasteiger partial charge in [-0.05, 0) is 22.9 Å². The molecule has 1 N–H and O–H groups in total. The Balaban J connectivity index is 1.96. The molecule has 0 aliphatic heterocycles. The number of rotatable bonds is 4. The summed E-state index contributed by atoms with van der Waals surface area (Å²) in [5.41, 5.74) is 1.16. The minimum atomic E-state index is -0.170. The lowest BCUT2D eigenvalue weighted by Gasteiger charge is -2.13. The van der Waals surface area contributed by atoms with Gasteiger partial charge in [-0.25, -0.2) is 4.68 Å². The molecule has 8 heteroatoms. The number of benzene rings is 1. The highest BCUT2D eigenvalue weighted by atomic mass is 15.6. The Morgan fingerprint density at radius 1 is 1.21 bits per heavy atom. The van der Waals surface area contributed by atoms with E-state index in [4.69, 9.17) is 0 Å². The fourth-order valence-electron chi connectivity index (χ4n) is 1.96. The Labute approximate surface area is 108 Å². The molecule has 3 rings (SSSR count). The molecule has 2 aromatic heterocycles. The Morgan fingerprint density at radius 2 is 2.05 bits per heavy atom. The molecule has 0 spiro atoms. The minimum Gasteiger partial charge on any atom is -0.219 e. The molecule has 0 amide bonds. The summed E-state index contributed by atoms with van der Waals surface area (Å²) >= 11 is 0. The Bertz CT molecular complexity index is 630. The van der Waals surface area contributed by atoms with Crippen LogP contribution in [0.3, 0.4) is 0 Å². The highest BCUT2D eigenvalue weighted by Gasteiger charge is 2.22. The molecule has 1 aromatic carbocycles. The van der Waals surface area contributed by atoms with Crippen LogP contribution >= 0.6 is 0 Å². The number of nitrogens with zero attached hydrogens (tertiary/aromatic N) is 7. The number of tetrazole rings is 2. The van der Waals surface area contributed by atoms with E-state index in [-0.39, 0.29) is 6.04 Å². The third kappa shape index (κ3) is 2.32. The summed E-state index contributed by atoms with van der Waals surface area (Å²) in [4.78, 5) is 0. The van der Waals surface area contributed by atoms with Crippen molar-refractivity contribution in [1.82, 2.24) is 40.8 Å². The van der Waals surface area contributed by atoms with Crippen molar-refractivity contribution in [3.8, 4) is 0 Å². The summed E-state index contributed by atoms with van der Waals surface area (Å²) in [6.07, 6.45) is 0.701. The van der Waals surface area contributed by atoms with Crippen molar-refractivity contribution in [3.63, 3.8) is 0 Å². The van der Waals surface area contributed by atoms with Gasteiger partial charge in [0.25, 0.3) is 0 Å². The van der Waals surface area contributed by atoms with E-state index >= 15 is 0 Å². The topological polar surface area (TPSA) is 98.1 Å². The summed E-state index contributed by atoms with van der Waals surface area (Å²) in [6, 6.07) is 9.90. The van der Waals surface area contributed by atoms with E-state index in [2.05, 4.69) is 36.1 Å². The van der Waals surface area contributed by atoms with Gasteiger partial charge in [-0.1, -0.05) is 35.5 Å². The first-order valence-electron chi connectivity index (χ1n) is 5.86.